The van der Waals surface area contributed by atoms with Crippen LogP contribution in [0.5, 0.6) is 5.75 Å². The Morgan fingerprint density at radius 2 is 1.61 bits per heavy atom. The van der Waals surface area contributed by atoms with E-state index < -0.39 is 35.4 Å². The van der Waals surface area contributed by atoms with Gasteiger partial charge in [0.2, 0.25) is 23.7 Å². The Bertz CT molecular complexity index is 2780. The highest BCUT2D eigenvalue weighted by Gasteiger charge is 2.46. The third-order valence-electron chi connectivity index (χ3n) is 14.7. The van der Waals surface area contributed by atoms with Crippen molar-refractivity contribution < 1.29 is 29.4 Å². The highest BCUT2D eigenvalue weighted by Crippen LogP contribution is 2.40. The predicted octanol–water partition coefficient (Wildman–Crippen LogP) is 5.30. The molecule has 2 bridgehead atoms. The molecule has 5 atom stereocenters. The van der Waals surface area contributed by atoms with E-state index in [2.05, 4.69) is 35.6 Å². The minimum absolute atomic E-state index is 0.0358. The number of β-amino-alcohol motifs (C(OH)–C–C–N with tert-alkyl or cyclic N) is 1. The molecule has 3 saturated heterocycles. The number of fused-ring (bicyclic) bond motifs is 2. The number of hydrogen-bond acceptors (Lipinski definition) is 15. The van der Waals surface area contributed by atoms with Crippen molar-refractivity contribution in [2.24, 2.45) is 11.3 Å². The lowest BCUT2D eigenvalue weighted by molar-refractivity contribution is -0.144. The van der Waals surface area contributed by atoms with Gasteiger partial charge in [-0.25, -0.2) is 15.0 Å². The van der Waals surface area contributed by atoms with E-state index in [1.54, 1.807) is 31.7 Å². The smallest absolute Gasteiger partial charge is 0.253 e. The number of nitrogen functional groups attached to an aromatic ring is 1. The van der Waals surface area contributed by atoms with Gasteiger partial charge in [-0.2, -0.15) is 0 Å². The number of aliphatic hydroxyl groups is 1. The molecule has 6 heterocycles. The molecule has 71 heavy (non-hydrogen) atoms. The number of benzene rings is 2. The number of hydrogen-bond donors (Lipinski definition) is 5. The SMILES string of the molecule is Cc1ncsc1-c1ccc(CNC(=O)[C@@H]2C[C@@H](O)CN2C(=O)[C@@H](NC(=O)C2CCC(c3cnc(N4C5CCC4CN(c4cc(-c6ccccc6O)nnc4N)C5)nc3)CC2)C(C)(C)C)c(C(=O)N(C)C)c1. The van der Waals surface area contributed by atoms with Crippen molar-refractivity contribution in [1.82, 2.24) is 45.6 Å². The van der Waals surface area contributed by atoms with Gasteiger partial charge in [-0.1, -0.05) is 45.0 Å². The fourth-order valence-electron chi connectivity index (χ4n) is 10.8. The van der Waals surface area contributed by atoms with Crippen LogP contribution in [0.1, 0.15) is 98.8 Å². The summed E-state index contributed by atoms with van der Waals surface area (Å²) in [5, 5.41) is 35.8. The van der Waals surface area contributed by atoms with Crippen LogP contribution in [-0.4, -0.2) is 133 Å². The van der Waals surface area contributed by atoms with Crippen LogP contribution < -0.4 is 26.2 Å². The normalized spacial score (nSPS) is 22.5. The summed E-state index contributed by atoms with van der Waals surface area (Å²) in [6.07, 6.45) is 7.75. The van der Waals surface area contributed by atoms with Crippen molar-refractivity contribution in [3.8, 4) is 27.4 Å². The van der Waals surface area contributed by atoms with Gasteiger partial charge < -0.3 is 46.2 Å². The number of amides is 4. The quantitative estimate of drug-likeness (QED) is 0.107. The van der Waals surface area contributed by atoms with Crippen LogP contribution in [0.25, 0.3) is 21.7 Å². The van der Waals surface area contributed by atoms with Crippen molar-refractivity contribution in [3.05, 3.63) is 88.8 Å². The Kier molecular flexibility index (Phi) is 14.0. The van der Waals surface area contributed by atoms with Gasteiger partial charge >= 0.3 is 0 Å². The zero-order valence-electron chi connectivity index (χ0n) is 41.2. The lowest BCUT2D eigenvalue weighted by atomic mass is 9.78. The molecular formula is C52H64N12O6S. The maximum absolute atomic E-state index is 14.5. The first-order valence-corrected chi connectivity index (χ1v) is 25.4. The van der Waals surface area contributed by atoms with E-state index in [1.165, 1.54) is 21.1 Å². The molecule has 2 unspecified atom stereocenters. The van der Waals surface area contributed by atoms with Crippen molar-refractivity contribution >= 4 is 52.4 Å². The molecule has 19 heteroatoms. The topological polar surface area (TPSA) is 236 Å². The molecular weight excluding hydrogens is 921 g/mol. The van der Waals surface area contributed by atoms with Gasteiger partial charge in [0.15, 0.2) is 5.82 Å². The fourth-order valence-corrected chi connectivity index (χ4v) is 11.6. The van der Waals surface area contributed by atoms with E-state index in [0.717, 1.165) is 53.1 Å². The number of likely N-dealkylation sites (tertiary alicyclic amines) is 1. The van der Waals surface area contributed by atoms with E-state index in [4.69, 9.17) is 15.7 Å². The second-order valence-electron chi connectivity index (χ2n) is 20.8. The Morgan fingerprint density at radius 3 is 2.25 bits per heavy atom. The molecule has 9 rings (SSSR count). The second-order valence-corrected chi connectivity index (χ2v) is 21.7. The molecule has 6 N–H and O–H groups in total. The maximum atomic E-state index is 14.5. The number of phenolic OH excluding ortho intramolecular Hbond substituents is 1. The second kappa shape index (κ2) is 20.2. The summed E-state index contributed by atoms with van der Waals surface area (Å²) in [7, 11) is 3.35. The van der Waals surface area contributed by atoms with Crippen molar-refractivity contribution in [2.45, 2.75) is 115 Å². The van der Waals surface area contributed by atoms with Gasteiger partial charge in [0.25, 0.3) is 5.91 Å². The van der Waals surface area contributed by atoms with Crippen molar-refractivity contribution in [3.63, 3.8) is 0 Å². The van der Waals surface area contributed by atoms with Gasteiger partial charge in [0.1, 0.15) is 17.8 Å². The lowest BCUT2D eigenvalue weighted by Crippen LogP contribution is -2.58. The standard InChI is InChI=1S/C52H64N12O6S/c1-29-44(71-28-57-29)32-15-16-33(39(19-32)49(69)61(5)6)22-54-48(68)42-20-37(65)27-63(42)50(70)45(52(2,3)4)58-47(67)31-13-11-30(12-14-31)34-23-55-51(56-24-34)64-35-17-18-36(64)26-62(25-35)41-21-40(59-60-46(41)53)38-9-7-8-10-43(38)66/h7-10,15-16,19,21,23-24,28,30-31,35-37,42,45,65-66H,11-14,17-18,20,22,25-27H2,1-6H3,(H2,53,60)(H,54,68)(H,58,67)/t30?,31?,35?,36?,37-,42+,45-/m1/s1. The molecule has 4 fully saturated rings. The van der Waals surface area contributed by atoms with E-state index in [-0.39, 0.29) is 61.0 Å². The number of nitrogens with zero attached hydrogens (tertiary/aromatic N) is 9. The first-order chi connectivity index (χ1) is 33.9. The number of aromatic nitrogens is 5. The molecule has 4 aliphatic rings. The summed E-state index contributed by atoms with van der Waals surface area (Å²) >= 11 is 1.49. The third-order valence-corrected chi connectivity index (χ3v) is 15.7. The largest absolute Gasteiger partial charge is 0.507 e. The Hall–Kier alpha value is -6.73. The number of phenols is 1. The molecule has 18 nitrogen and oxygen atoms in total. The number of aryl methyl sites for hydroxylation is 1. The molecule has 374 valence electrons. The molecule has 1 aliphatic carbocycles. The van der Waals surface area contributed by atoms with Crippen LogP contribution in [0.2, 0.25) is 0 Å². The number of para-hydroxylation sites is 1. The molecule has 4 amide bonds. The number of carbonyl (C=O) groups is 4. The molecule has 0 spiro atoms. The molecule has 1 saturated carbocycles. The van der Waals surface area contributed by atoms with Crippen LogP contribution >= 0.6 is 11.3 Å². The molecule has 0 radical (unpaired) electrons. The zero-order chi connectivity index (χ0) is 50.3. The number of thiazole rings is 1. The minimum atomic E-state index is -0.968. The summed E-state index contributed by atoms with van der Waals surface area (Å²) < 4.78 is 0. The number of aromatic hydroxyl groups is 1. The van der Waals surface area contributed by atoms with E-state index in [1.807, 2.05) is 76.5 Å². The van der Waals surface area contributed by atoms with Gasteiger partial charge in [-0.15, -0.1) is 21.5 Å². The van der Waals surface area contributed by atoms with Gasteiger partial charge in [0, 0.05) is 88.2 Å². The Labute approximate surface area is 418 Å². The molecule has 3 aliphatic heterocycles. The third kappa shape index (κ3) is 10.2. The summed E-state index contributed by atoms with van der Waals surface area (Å²) in [5.74, 6) is -0.224. The van der Waals surface area contributed by atoms with Crippen molar-refractivity contribution in [1.29, 1.82) is 0 Å². The number of carbonyl (C=O) groups excluding carboxylic acids is 4. The first-order valence-electron chi connectivity index (χ1n) is 24.5. The van der Waals surface area contributed by atoms with Crippen molar-refractivity contribution in [2.75, 3.05) is 49.3 Å². The summed E-state index contributed by atoms with van der Waals surface area (Å²) in [5.41, 5.74) is 13.2. The number of nitrogens with two attached hydrogens (primary N) is 1. The average molecular weight is 985 g/mol. The highest BCUT2D eigenvalue weighted by molar-refractivity contribution is 7.13. The Balaban J connectivity index is 0.798. The maximum Gasteiger partial charge on any atom is 0.253 e. The van der Waals surface area contributed by atoms with Crippen LogP contribution in [0.4, 0.5) is 17.5 Å². The fraction of sp³-hybridized carbons (Fsp3) is 0.481. The Morgan fingerprint density at radius 1 is 0.901 bits per heavy atom. The van der Waals surface area contributed by atoms with Gasteiger partial charge in [-0.3, -0.25) is 19.2 Å². The number of piperazine rings is 1. The lowest BCUT2D eigenvalue weighted by Gasteiger charge is -2.42. The average Bonchev–Trinajstić information content (AvgIpc) is 4.05. The van der Waals surface area contributed by atoms with Crippen LogP contribution in [0.3, 0.4) is 0 Å². The summed E-state index contributed by atoms with van der Waals surface area (Å²) in [4.78, 5) is 78.3. The zero-order valence-corrected chi connectivity index (χ0v) is 42.0. The summed E-state index contributed by atoms with van der Waals surface area (Å²) in [6, 6.07) is 13.0. The van der Waals surface area contributed by atoms with E-state index in [0.29, 0.717) is 60.1 Å². The molecule has 5 aromatic rings. The highest BCUT2D eigenvalue weighted by atomic mass is 32.1. The minimum Gasteiger partial charge on any atom is -0.507 e. The van der Waals surface area contributed by atoms with Gasteiger partial charge in [0.05, 0.1) is 33.6 Å². The number of aliphatic hydroxyl groups excluding tert-OH is 1. The predicted molar refractivity (Wildman–Crippen MR) is 271 cm³/mol. The molecule has 2 aromatic carbocycles. The summed E-state index contributed by atoms with van der Waals surface area (Å²) in [6.45, 7) is 8.99. The first kappa shape index (κ1) is 49.3. The number of nitrogens with one attached hydrogen (secondary N) is 2. The van der Waals surface area contributed by atoms with Crippen LogP contribution in [0, 0.1) is 18.3 Å². The van der Waals surface area contributed by atoms with Gasteiger partial charge in [-0.05, 0) is 97.7 Å². The number of rotatable bonds is 12. The molecule has 3 aromatic heterocycles. The van der Waals surface area contributed by atoms with E-state index in [9.17, 15) is 29.4 Å². The van der Waals surface area contributed by atoms with Crippen LogP contribution in [0.15, 0.2) is 66.4 Å². The number of anilines is 3. The monoisotopic (exact) mass is 984 g/mol. The van der Waals surface area contributed by atoms with Crippen LogP contribution in [-0.2, 0) is 20.9 Å². The van der Waals surface area contributed by atoms with E-state index >= 15 is 0 Å².